The molecule has 0 aliphatic carbocycles. The Balaban J connectivity index is 2.49. The van der Waals surface area contributed by atoms with E-state index in [1.54, 1.807) is 18.6 Å². The number of nitrogens with two attached hydrogens (primary N) is 1. The molecular formula is C8H11N3O2. The first kappa shape index (κ1) is 9.60. The molecular weight excluding hydrogens is 170 g/mol. The quantitative estimate of drug-likeness (QED) is 0.666. The summed E-state index contributed by atoms with van der Waals surface area (Å²) in [6, 6.07) is -0.405. The van der Waals surface area contributed by atoms with E-state index in [1.165, 1.54) is 6.92 Å². The molecule has 0 fully saturated rings. The average molecular weight is 181 g/mol. The standard InChI is InChI=1S/C8H11N3O2/c1-6(12)13-5-7(9)8-4-10-2-3-11-8/h2-4,7H,5,9H2,1H3. The van der Waals surface area contributed by atoms with Gasteiger partial charge in [-0.3, -0.25) is 14.8 Å². The number of hydrogen-bond acceptors (Lipinski definition) is 5. The minimum Gasteiger partial charge on any atom is -0.464 e. The minimum atomic E-state index is -0.405. The van der Waals surface area contributed by atoms with Gasteiger partial charge >= 0.3 is 5.97 Å². The predicted molar refractivity (Wildman–Crippen MR) is 45.6 cm³/mol. The molecule has 1 heterocycles. The number of esters is 1. The zero-order chi connectivity index (χ0) is 9.68. The Kier molecular flexibility index (Phi) is 3.33. The molecule has 1 aromatic heterocycles. The summed E-state index contributed by atoms with van der Waals surface area (Å²) in [6.45, 7) is 1.47. The van der Waals surface area contributed by atoms with Crippen LogP contribution >= 0.6 is 0 Å². The zero-order valence-electron chi connectivity index (χ0n) is 7.30. The number of carbonyl (C=O) groups is 1. The highest BCUT2D eigenvalue weighted by Gasteiger charge is 2.08. The third-order valence-corrected chi connectivity index (χ3v) is 1.43. The number of ether oxygens (including phenoxy) is 1. The van der Waals surface area contributed by atoms with Crippen LogP contribution in [0.25, 0.3) is 0 Å². The van der Waals surface area contributed by atoms with Gasteiger partial charge in [-0.2, -0.15) is 0 Å². The van der Waals surface area contributed by atoms with E-state index in [2.05, 4.69) is 9.97 Å². The van der Waals surface area contributed by atoms with Gasteiger partial charge in [0.05, 0.1) is 17.9 Å². The van der Waals surface area contributed by atoms with Crippen LogP contribution in [0.5, 0.6) is 0 Å². The lowest BCUT2D eigenvalue weighted by Gasteiger charge is -2.09. The Morgan fingerprint density at radius 2 is 2.46 bits per heavy atom. The summed E-state index contributed by atoms with van der Waals surface area (Å²) in [5.41, 5.74) is 6.28. The van der Waals surface area contributed by atoms with E-state index >= 15 is 0 Å². The molecule has 1 aromatic rings. The van der Waals surface area contributed by atoms with Gasteiger partial charge in [0, 0.05) is 19.3 Å². The van der Waals surface area contributed by atoms with Crippen LogP contribution in [0.1, 0.15) is 18.7 Å². The van der Waals surface area contributed by atoms with Crippen LogP contribution in [0.4, 0.5) is 0 Å². The van der Waals surface area contributed by atoms with Gasteiger partial charge in [-0.05, 0) is 0 Å². The van der Waals surface area contributed by atoms with E-state index in [-0.39, 0.29) is 12.6 Å². The van der Waals surface area contributed by atoms with Crippen molar-refractivity contribution in [2.24, 2.45) is 5.73 Å². The third-order valence-electron chi connectivity index (χ3n) is 1.43. The van der Waals surface area contributed by atoms with Crippen molar-refractivity contribution < 1.29 is 9.53 Å². The highest BCUT2D eigenvalue weighted by Crippen LogP contribution is 2.04. The van der Waals surface area contributed by atoms with E-state index < -0.39 is 6.04 Å². The summed E-state index contributed by atoms with van der Waals surface area (Å²) >= 11 is 0. The molecule has 1 unspecified atom stereocenters. The Morgan fingerprint density at radius 3 is 3.00 bits per heavy atom. The second-order valence-electron chi connectivity index (χ2n) is 2.54. The third kappa shape index (κ3) is 3.16. The van der Waals surface area contributed by atoms with Crippen molar-refractivity contribution in [3.63, 3.8) is 0 Å². The fraction of sp³-hybridized carbons (Fsp3) is 0.375. The first-order valence-electron chi connectivity index (χ1n) is 3.85. The fourth-order valence-electron chi connectivity index (χ4n) is 0.795. The topological polar surface area (TPSA) is 78.1 Å². The predicted octanol–water partition coefficient (Wildman–Crippen LogP) is 0.0395. The van der Waals surface area contributed by atoms with Crippen molar-refractivity contribution in [1.82, 2.24) is 9.97 Å². The number of carbonyl (C=O) groups excluding carboxylic acids is 1. The summed E-state index contributed by atoms with van der Waals surface area (Å²) < 4.78 is 4.73. The SMILES string of the molecule is CC(=O)OCC(N)c1cnccn1. The number of aromatic nitrogens is 2. The minimum absolute atomic E-state index is 0.133. The number of hydrogen-bond donors (Lipinski definition) is 1. The second kappa shape index (κ2) is 4.51. The maximum atomic E-state index is 10.5. The van der Waals surface area contributed by atoms with Gasteiger partial charge in [-0.1, -0.05) is 0 Å². The van der Waals surface area contributed by atoms with E-state index in [0.717, 1.165) is 0 Å². The van der Waals surface area contributed by atoms with Gasteiger partial charge in [0.2, 0.25) is 0 Å². The summed E-state index contributed by atoms with van der Waals surface area (Å²) in [5.74, 6) is -0.348. The van der Waals surface area contributed by atoms with Crippen molar-refractivity contribution in [2.45, 2.75) is 13.0 Å². The second-order valence-corrected chi connectivity index (χ2v) is 2.54. The van der Waals surface area contributed by atoms with Crippen molar-refractivity contribution in [3.8, 4) is 0 Å². The molecule has 0 radical (unpaired) electrons. The van der Waals surface area contributed by atoms with E-state index in [1.807, 2.05) is 0 Å². The molecule has 5 heteroatoms. The first-order chi connectivity index (χ1) is 6.20. The maximum Gasteiger partial charge on any atom is 0.302 e. The van der Waals surface area contributed by atoms with Crippen LogP contribution < -0.4 is 5.73 Å². The summed E-state index contributed by atoms with van der Waals surface area (Å²) in [4.78, 5) is 18.3. The van der Waals surface area contributed by atoms with Crippen molar-refractivity contribution in [3.05, 3.63) is 24.3 Å². The van der Waals surface area contributed by atoms with Gasteiger partial charge in [0.25, 0.3) is 0 Å². The summed E-state index contributed by atoms with van der Waals surface area (Å²) in [7, 11) is 0. The summed E-state index contributed by atoms with van der Waals surface area (Å²) in [6.07, 6.45) is 4.65. The number of rotatable bonds is 3. The molecule has 0 aliphatic heterocycles. The van der Waals surface area contributed by atoms with Crippen molar-refractivity contribution >= 4 is 5.97 Å². The molecule has 5 nitrogen and oxygen atoms in total. The molecule has 70 valence electrons. The van der Waals surface area contributed by atoms with Crippen LogP contribution in [0, 0.1) is 0 Å². The molecule has 0 bridgehead atoms. The van der Waals surface area contributed by atoms with Gasteiger partial charge in [-0.15, -0.1) is 0 Å². The lowest BCUT2D eigenvalue weighted by Crippen LogP contribution is -2.19. The molecule has 0 spiro atoms. The van der Waals surface area contributed by atoms with E-state index in [4.69, 9.17) is 10.5 Å². The fourth-order valence-corrected chi connectivity index (χ4v) is 0.795. The number of nitrogens with zero attached hydrogens (tertiary/aromatic N) is 2. The van der Waals surface area contributed by atoms with E-state index in [9.17, 15) is 4.79 Å². The molecule has 0 aromatic carbocycles. The molecule has 1 rings (SSSR count). The Bertz CT molecular complexity index is 276. The summed E-state index contributed by atoms with van der Waals surface area (Å²) in [5, 5.41) is 0. The van der Waals surface area contributed by atoms with Crippen LogP contribution in [0.2, 0.25) is 0 Å². The largest absolute Gasteiger partial charge is 0.464 e. The Labute approximate surface area is 75.9 Å². The lowest BCUT2D eigenvalue weighted by molar-refractivity contribution is -0.141. The highest BCUT2D eigenvalue weighted by atomic mass is 16.5. The molecule has 0 saturated heterocycles. The van der Waals surface area contributed by atoms with Gasteiger partial charge in [0.15, 0.2) is 0 Å². The molecule has 1 atom stereocenters. The van der Waals surface area contributed by atoms with Crippen LogP contribution in [0.15, 0.2) is 18.6 Å². The first-order valence-corrected chi connectivity index (χ1v) is 3.85. The Morgan fingerprint density at radius 1 is 1.69 bits per heavy atom. The van der Waals surface area contributed by atoms with Gasteiger partial charge in [-0.25, -0.2) is 0 Å². The van der Waals surface area contributed by atoms with E-state index in [0.29, 0.717) is 5.69 Å². The van der Waals surface area contributed by atoms with Crippen molar-refractivity contribution in [1.29, 1.82) is 0 Å². The smallest absolute Gasteiger partial charge is 0.302 e. The Hall–Kier alpha value is -1.49. The van der Waals surface area contributed by atoms with Crippen LogP contribution in [-0.4, -0.2) is 22.5 Å². The molecule has 0 amide bonds. The molecule has 13 heavy (non-hydrogen) atoms. The monoisotopic (exact) mass is 181 g/mol. The van der Waals surface area contributed by atoms with Gasteiger partial charge in [0.1, 0.15) is 6.61 Å². The normalized spacial score (nSPS) is 12.2. The molecule has 0 aliphatic rings. The highest BCUT2D eigenvalue weighted by molar-refractivity contribution is 5.65. The molecule has 2 N–H and O–H groups in total. The zero-order valence-corrected chi connectivity index (χ0v) is 7.30. The molecule has 0 saturated carbocycles. The van der Waals surface area contributed by atoms with Gasteiger partial charge < -0.3 is 10.5 Å². The van der Waals surface area contributed by atoms with Crippen molar-refractivity contribution in [2.75, 3.05) is 6.61 Å². The van der Waals surface area contributed by atoms with Crippen LogP contribution in [-0.2, 0) is 9.53 Å². The maximum absolute atomic E-state index is 10.5. The van der Waals surface area contributed by atoms with Crippen LogP contribution in [0.3, 0.4) is 0 Å². The average Bonchev–Trinajstić information content (AvgIpc) is 2.15. The lowest BCUT2D eigenvalue weighted by atomic mass is 10.2.